The summed E-state index contributed by atoms with van der Waals surface area (Å²) in [6, 6.07) is 8.20. The Bertz CT molecular complexity index is 579. The van der Waals surface area contributed by atoms with E-state index in [1.54, 1.807) is 12.1 Å². The number of nitrogens with two attached hydrogens (primary N) is 1. The van der Waals surface area contributed by atoms with Gasteiger partial charge in [-0.15, -0.1) is 0 Å². The summed E-state index contributed by atoms with van der Waals surface area (Å²) in [6.45, 7) is 6.01. The molecular weight excluding hydrogens is 261 g/mol. The van der Waals surface area contributed by atoms with Crippen LogP contribution in [0.2, 0.25) is 5.02 Å². The third-order valence-electron chi connectivity index (χ3n) is 3.36. The quantitative estimate of drug-likeness (QED) is 0.862. The average molecular weight is 278 g/mol. The van der Waals surface area contributed by atoms with Crippen LogP contribution < -0.4 is 5.73 Å². The first-order chi connectivity index (χ1) is 8.91. The van der Waals surface area contributed by atoms with E-state index in [-0.39, 0.29) is 5.82 Å². The van der Waals surface area contributed by atoms with E-state index in [1.807, 2.05) is 20.8 Å². The maximum Gasteiger partial charge on any atom is 0.129 e. The van der Waals surface area contributed by atoms with E-state index in [1.165, 1.54) is 11.6 Å². The monoisotopic (exact) mass is 277 g/mol. The zero-order valence-electron chi connectivity index (χ0n) is 11.3. The summed E-state index contributed by atoms with van der Waals surface area (Å²) in [5.74, 6) is -0.362. The highest BCUT2D eigenvalue weighted by Gasteiger charge is 2.20. The van der Waals surface area contributed by atoms with E-state index < -0.39 is 6.04 Å². The van der Waals surface area contributed by atoms with Crippen LogP contribution in [0, 0.1) is 26.6 Å². The van der Waals surface area contributed by atoms with E-state index >= 15 is 0 Å². The highest BCUT2D eigenvalue weighted by atomic mass is 35.5. The minimum atomic E-state index is -0.547. The van der Waals surface area contributed by atoms with Gasteiger partial charge in [0.05, 0.1) is 6.04 Å². The van der Waals surface area contributed by atoms with Gasteiger partial charge in [0, 0.05) is 10.6 Å². The molecule has 0 aliphatic heterocycles. The van der Waals surface area contributed by atoms with Crippen LogP contribution in [-0.2, 0) is 0 Å². The second kappa shape index (κ2) is 5.32. The number of halogens is 2. The maximum absolute atomic E-state index is 14.0. The normalized spacial score (nSPS) is 12.5. The first kappa shape index (κ1) is 14.0. The van der Waals surface area contributed by atoms with Crippen LogP contribution in [0.15, 0.2) is 30.3 Å². The predicted molar refractivity (Wildman–Crippen MR) is 78.1 cm³/mol. The van der Waals surface area contributed by atoms with Gasteiger partial charge >= 0.3 is 0 Å². The fourth-order valence-electron chi connectivity index (χ4n) is 2.63. The van der Waals surface area contributed by atoms with Crippen LogP contribution in [0.4, 0.5) is 4.39 Å². The molecule has 0 aromatic heterocycles. The third kappa shape index (κ3) is 2.65. The molecule has 19 heavy (non-hydrogen) atoms. The van der Waals surface area contributed by atoms with E-state index in [4.69, 9.17) is 17.3 Å². The van der Waals surface area contributed by atoms with Gasteiger partial charge < -0.3 is 5.73 Å². The van der Waals surface area contributed by atoms with Gasteiger partial charge in [-0.2, -0.15) is 0 Å². The van der Waals surface area contributed by atoms with Crippen molar-refractivity contribution in [3.8, 4) is 0 Å². The molecule has 3 heteroatoms. The summed E-state index contributed by atoms with van der Waals surface area (Å²) in [7, 11) is 0. The molecule has 0 fully saturated rings. The molecule has 2 aromatic rings. The summed E-state index contributed by atoms with van der Waals surface area (Å²) >= 11 is 6.09. The van der Waals surface area contributed by atoms with Crippen LogP contribution in [0.25, 0.3) is 0 Å². The lowest BCUT2D eigenvalue weighted by atomic mass is 9.90. The lowest BCUT2D eigenvalue weighted by molar-refractivity contribution is 0.599. The minimum Gasteiger partial charge on any atom is -0.320 e. The molecule has 0 aliphatic rings. The Morgan fingerprint density at radius 1 is 1.05 bits per heavy atom. The second-order valence-corrected chi connectivity index (χ2v) is 5.33. The van der Waals surface area contributed by atoms with Crippen molar-refractivity contribution in [3.63, 3.8) is 0 Å². The minimum absolute atomic E-state index is 0.360. The Labute approximate surface area is 118 Å². The number of hydrogen-bond acceptors (Lipinski definition) is 1. The van der Waals surface area contributed by atoms with E-state index in [9.17, 15) is 4.39 Å². The predicted octanol–water partition coefficient (Wildman–Crippen LogP) is 4.45. The van der Waals surface area contributed by atoms with Crippen LogP contribution in [-0.4, -0.2) is 0 Å². The Morgan fingerprint density at radius 3 is 2.16 bits per heavy atom. The zero-order chi connectivity index (χ0) is 14.2. The van der Waals surface area contributed by atoms with Crippen LogP contribution in [0.5, 0.6) is 0 Å². The summed E-state index contributed by atoms with van der Waals surface area (Å²) in [6.07, 6.45) is 0. The smallest absolute Gasteiger partial charge is 0.129 e. The number of aryl methyl sites for hydroxylation is 3. The van der Waals surface area contributed by atoms with Crippen molar-refractivity contribution in [2.75, 3.05) is 0 Å². The molecule has 0 aliphatic carbocycles. The average Bonchev–Trinajstić information content (AvgIpc) is 2.26. The molecule has 2 N–H and O–H groups in total. The van der Waals surface area contributed by atoms with Crippen molar-refractivity contribution >= 4 is 11.6 Å². The van der Waals surface area contributed by atoms with E-state index in [0.717, 1.165) is 16.7 Å². The van der Waals surface area contributed by atoms with Gasteiger partial charge in [-0.1, -0.05) is 35.4 Å². The fourth-order valence-corrected chi connectivity index (χ4v) is 2.91. The van der Waals surface area contributed by atoms with Gasteiger partial charge in [0.15, 0.2) is 0 Å². The highest BCUT2D eigenvalue weighted by molar-refractivity contribution is 6.31. The lowest BCUT2D eigenvalue weighted by Crippen LogP contribution is -2.17. The number of hydrogen-bond donors (Lipinski definition) is 1. The molecule has 0 saturated carbocycles. The number of rotatable bonds is 2. The van der Waals surface area contributed by atoms with Gasteiger partial charge in [0.1, 0.15) is 5.82 Å². The summed E-state index contributed by atoms with van der Waals surface area (Å²) in [4.78, 5) is 0. The SMILES string of the molecule is Cc1cc(C)c(C(N)c2c(F)cccc2Cl)c(C)c1. The van der Waals surface area contributed by atoms with Crippen molar-refractivity contribution < 1.29 is 4.39 Å². The molecule has 1 unspecified atom stereocenters. The van der Waals surface area contributed by atoms with Gasteiger partial charge in [-0.25, -0.2) is 4.39 Å². The first-order valence-electron chi connectivity index (χ1n) is 6.19. The molecule has 0 spiro atoms. The van der Waals surface area contributed by atoms with E-state index in [2.05, 4.69) is 12.1 Å². The van der Waals surface area contributed by atoms with Gasteiger partial charge in [-0.05, 0) is 49.6 Å². The molecule has 2 rings (SSSR count). The summed E-state index contributed by atoms with van der Waals surface area (Å²) < 4.78 is 14.0. The van der Waals surface area contributed by atoms with Gasteiger partial charge in [0.2, 0.25) is 0 Å². The molecule has 0 bridgehead atoms. The van der Waals surface area contributed by atoms with Crippen molar-refractivity contribution in [2.24, 2.45) is 5.73 Å². The van der Waals surface area contributed by atoms with Crippen molar-refractivity contribution in [1.29, 1.82) is 0 Å². The number of benzene rings is 2. The molecule has 1 atom stereocenters. The molecule has 0 saturated heterocycles. The molecular formula is C16H17ClFN. The molecule has 100 valence electrons. The third-order valence-corrected chi connectivity index (χ3v) is 3.69. The topological polar surface area (TPSA) is 26.0 Å². The fraction of sp³-hybridized carbons (Fsp3) is 0.250. The van der Waals surface area contributed by atoms with Crippen molar-refractivity contribution in [3.05, 3.63) is 69.0 Å². The zero-order valence-corrected chi connectivity index (χ0v) is 12.1. The van der Waals surface area contributed by atoms with E-state index in [0.29, 0.717) is 10.6 Å². The Morgan fingerprint density at radius 2 is 1.63 bits per heavy atom. The van der Waals surface area contributed by atoms with Crippen LogP contribution in [0.1, 0.15) is 33.9 Å². The largest absolute Gasteiger partial charge is 0.320 e. The van der Waals surface area contributed by atoms with Gasteiger partial charge in [0.25, 0.3) is 0 Å². The Balaban J connectivity index is 2.60. The van der Waals surface area contributed by atoms with Crippen LogP contribution in [0.3, 0.4) is 0 Å². The molecule has 2 aromatic carbocycles. The molecule has 0 radical (unpaired) electrons. The summed E-state index contributed by atoms with van der Waals surface area (Å²) in [5.41, 5.74) is 10.8. The Kier molecular flexibility index (Phi) is 3.93. The van der Waals surface area contributed by atoms with Crippen molar-refractivity contribution in [1.82, 2.24) is 0 Å². The lowest BCUT2D eigenvalue weighted by Gasteiger charge is -2.20. The summed E-state index contributed by atoms with van der Waals surface area (Å²) in [5, 5.41) is 0.367. The van der Waals surface area contributed by atoms with Gasteiger partial charge in [-0.3, -0.25) is 0 Å². The maximum atomic E-state index is 14.0. The van der Waals surface area contributed by atoms with Crippen molar-refractivity contribution in [2.45, 2.75) is 26.8 Å². The Hall–Kier alpha value is -1.38. The molecule has 0 heterocycles. The highest BCUT2D eigenvalue weighted by Crippen LogP contribution is 2.32. The van der Waals surface area contributed by atoms with Crippen LogP contribution >= 0.6 is 11.6 Å². The first-order valence-corrected chi connectivity index (χ1v) is 6.57. The molecule has 1 nitrogen and oxygen atoms in total. The standard InChI is InChI=1S/C16H17ClFN/c1-9-7-10(2)14(11(3)8-9)16(19)15-12(17)5-4-6-13(15)18/h4-8,16H,19H2,1-3H3. The second-order valence-electron chi connectivity index (χ2n) is 4.93. The molecule has 0 amide bonds.